The Bertz CT molecular complexity index is 515. The van der Waals surface area contributed by atoms with Crippen LogP contribution in [0, 0.1) is 5.92 Å². The van der Waals surface area contributed by atoms with Crippen molar-refractivity contribution in [3.63, 3.8) is 0 Å². The molecule has 0 unspecified atom stereocenters. The van der Waals surface area contributed by atoms with E-state index in [0.717, 1.165) is 18.8 Å². The second-order valence-corrected chi connectivity index (χ2v) is 5.40. The summed E-state index contributed by atoms with van der Waals surface area (Å²) in [7, 11) is 0. The zero-order valence-corrected chi connectivity index (χ0v) is 11.7. The highest BCUT2D eigenvalue weighted by atomic mass is 35.5. The third-order valence-electron chi connectivity index (χ3n) is 3.23. The van der Waals surface area contributed by atoms with E-state index in [-0.39, 0.29) is 11.3 Å². The quantitative estimate of drug-likeness (QED) is 0.704. The van der Waals surface area contributed by atoms with Crippen molar-refractivity contribution in [1.29, 1.82) is 0 Å². The molecule has 3 N–H and O–H groups in total. The summed E-state index contributed by atoms with van der Waals surface area (Å²) in [5, 5.41) is 14.6. The van der Waals surface area contributed by atoms with E-state index in [0.29, 0.717) is 11.6 Å². The second-order valence-electron chi connectivity index (χ2n) is 4.96. The molecule has 1 fully saturated rings. The lowest BCUT2D eigenvalue weighted by molar-refractivity contribution is 0.0698. The largest absolute Gasteiger partial charge is 0.478 e. The fourth-order valence-corrected chi connectivity index (χ4v) is 2.14. The number of rotatable bonds is 6. The standard InChI is InChI=1S/C14H17ClN2O3/c15-10-5-6-11(13(18)19)12(8-10)17-14(20)16-7-1-2-9-3-4-9/h5-6,8-9H,1-4,7H2,(H,18,19)(H2,16,17,20). The highest BCUT2D eigenvalue weighted by molar-refractivity contribution is 6.31. The van der Waals surface area contributed by atoms with Gasteiger partial charge in [0.05, 0.1) is 11.3 Å². The van der Waals surface area contributed by atoms with Crippen LogP contribution in [0.1, 0.15) is 36.0 Å². The zero-order chi connectivity index (χ0) is 14.5. The third kappa shape index (κ3) is 4.42. The molecule has 1 aliphatic carbocycles. The number of amides is 2. The van der Waals surface area contributed by atoms with Crippen molar-refractivity contribution in [3.8, 4) is 0 Å². The van der Waals surface area contributed by atoms with Gasteiger partial charge in [0.1, 0.15) is 0 Å². The van der Waals surface area contributed by atoms with E-state index in [9.17, 15) is 9.59 Å². The van der Waals surface area contributed by atoms with Gasteiger partial charge >= 0.3 is 12.0 Å². The van der Waals surface area contributed by atoms with Gasteiger partial charge in [-0.2, -0.15) is 0 Å². The van der Waals surface area contributed by atoms with Gasteiger partial charge in [-0.1, -0.05) is 24.4 Å². The fraction of sp³-hybridized carbons (Fsp3) is 0.429. The summed E-state index contributed by atoms with van der Waals surface area (Å²) in [4.78, 5) is 22.7. The van der Waals surface area contributed by atoms with Crippen LogP contribution in [0.15, 0.2) is 18.2 Å². The molecule has 0 aliphatic heterocycles. The van der Waals surface area contributed by atoms with Crippen LogP contribution >= 0.6 is 11.6 Å². The molecule has 108 valence electrons. The molecule has 1 saturated carbocycles. The number of carbonyl (C=O) groups excluding carboxylic acids is 1. The molecule has 0 atom stereocenters. The number of carboxylic acids is 1. The maximum atomic E-state index is 11.7. The number of urea groups is 1. The van der Waals surface area contributed by atoms with Crippen molar-refractivity contribution in [2.45, 2.75) is 25.7 Å². The fourth-order valence-electron chi connectivity index (χ4n) is 1.97. The average Bonchev–Trinajstić information content (AvgIpc) is 3.18. The van der Waals surface area contributed by atoms with Crippen LogP contribution in [0.2, 0.25) is 5.02 Å². The van der Waals surface area contributed by atoms with Crippen molar-refractivity contribution < 1.29 is 14.7 Å². The van der Waals surface area contributed by atoms with Crippen LogP contribution in [-0.2, 0) is 0 Å². The second kappa shape index (κ2) is 6.61. The monoisotopic (exact) mass is 296 g/mol. The normalized spacial score (nSPS) is 13.8. The molecule has 0 heterocycles. The van der Waals surface area contributed by atoms with E-state index in [1.165, 1.54) is 31.0 Å². The Morgan fingerprint density at radius 3 is 2.75 bits per heavy atom. The van der Waals surface area contributed by atoms with Gasteiger partial charge in [-0.15, -0.1) is 0 Å². The van der Waals surface area contributed by atoms with Crippen molar-refractivity contribution in [3.05, 3.63) is 28.8 Å². The molecule has 1 aliphatic rings. The predicted octanol–water partition coefficient (Wildman–Crippen LogP) is 3.35. The first-order valence-corrected chi connectivity index (χ1v) is 7.02. The number of halogens is 1. The molecule has 6 heteroatoms. The number of aromatic carboxylic acids is 1. The highest BCUT2D eigenvalue weighted by Gasteiger charge is 2.20. The maximum absolute atomic E-state index is 11.7. The van der Waals surface area contributed by atoms with Crippen LogP contribution in [0.3, 0.4) is 0 Å². The van der Waals surface area contributed by atoms with E-state index < -0.39 is 12.0 Å². The van der Waals surface area contributed by atoms with Crippen LogP contribution in [0.4, 0.5) is 10.5 Å². The SMILES string of the molecule is O=C(NCCCC1CC1)Nc1cc(Cl)ccc1C(=O)O. The van der Waals surface area contributed by atoms with E-state index in [1.807, 2.05) is 0 Å². The topological polar surface area (TPSA) is 78.4 Å². The number of carbonyl (C=O) groups is 2. The minimum absolute atomic E-state index is 0.0162. The van der Waals surface area contributed by atoms with E-state index in [1.54, 1.807) is 0 Å². The Balaban J connectivity index is 1.85. The lowest BCUT2D eigenvalue weighted by Gasteiger charge is -2.10. The van der Waals surface area contributed by atoms with Crippen molar-refractivity contribution in [2.24, 2.45) is 5.92 Å². The molecule has 0 aromatic heterocycles. The lowest BCUT2D eigenvalue weighted by Crippen LogP contribution is -2.30. The minimum atomic E-state index is -1.11. The number of carboxylic acid groups (broad SMARTS) is 1. The first kappa shape index (κ1) is 14.7. The summed E-state index contributed by atoms with van der Waals surface area (Å²) in [6.45, 7) is 0.589. The van der Waals surface area contributed by atoms with Crippen LogP contribution < -0.4 is 10.6 Å². The van der Waals surface area contributed by atoms with Gasteiger partial charge in [0, 0.05) is 11.6 Å². The summed E-state index contributed by atoms with van der Waals surface area (Å²) in [6, 6.07) is 3.86. The Morgan fingerprint density at radius 2 is 2.10 bits per heavy atom. The summed E-state index contributed by atoms with van der Waals surface area (Å²) in [6.07, 6.45) is 4.69. The molecule has 2 rings (SSSR count). The Kier molecular flexibility index (Phi) is 4.84. The molecule has 5 nitrogen and oxygen atoms in total. The predicted molar refractivity (Wildman–Crippen MR) is 77.4 cm³/mol. The first-order chi connectivity index (χ1) is 9.56. The number of benzene rings is 1. The van der Waals surface area contributed by atoms with E-state index in [2.05, 4.69) is 10.6 Å². The average molecular weight is 297 g/mol. The molecule has 0 saturated heterocycles. The van der Waals surface area contributed by atoms with Crippen LogP contribution in [0.5, 0.6) is 0 Å². The number of hydrogen-bond donors (Lipinski definition) is 3. The smallest absolute Gasteiger partial charge is 0.337 e. The summed E-state index contributed by atoms with van der Waals surface area (Å²) >= 11 is 5.81. The van der Waals surface area contributed by atoms with Gasteiger partial charge in [-0.25, -0.2) is 9.59 Å². The summed E-state index contributed by atoms with van der Waals surface area (Å²) < 4.78 is 0. The van der Waals surface area contributed by atoms with Gasteiger partial charge < -0.3 is 15.7 Å². The number of nitrogens with one attached hydrogen (secondary N) is 2. The third-order valence-corrected chi connectivity index (χ3v) is 3.47. The molecule has 0 radical (unpaired) electrons. The van der Waals surface area contributed by atoms with Gasteiger partial charge in [-0.3, -0.25) is 0 Å². The first-order valence-electron chi connectivity index (χ1n) is 6.64. The van der Waals surface area contributed by atoms with Crippen LogP contribution in [0.25, 0.3) is 0 Å². The van der Waals surface area contributed by atoms with Crippen molar-refractivity contribution >= 4 is 29.3 Å². The van der Waals surface area contributed by atoms with E-state index >= 15 is 0 Å². The minimum Gasteiger partial charge on any atom is -0.478 e. The van der Waals surface area contributed by atoms with Gasteiger partial charge in [0.2, 0.25) is 0 Å². The van der Waals surface area contributed by atoms with Crippen molar-refractivity contribution in [1.82, 2.24) is 5.32 Å². The molecule has 0 bridgehead atoms. The van der Waals surface area contributed by atoms with E-state index in [4.69, 9.17) is 16.7 Å². The molecule has 20 heavy (non-hydrogen) atoms. The van der Waals surface area contributed by atoms with Gasteiger partial charge in [-0.05, 0) is 37.0 Å². The Morgan fingerprint density at radius 1 is 1.35 bits per heavy atom. The molecule has 2 amide bonds. The van der Waals surface area contributed by atoms with Crippen LogP contribution in [-0.4, -0.2) is 23.7 Å². The summed E-state index contributed by atoms with van der Waals surface area (Å²) in [5.74, 6) is -0.267. The molecule has 0 spiro atoms. The molecular weight excluding hydrogens is 280 g/mol. The number of hydrogen-bond acceptors (Lipinski definition) is 2. The summed E-state index contributed by atoms with van der Waals surface area (Å²) in [5.41, 5.74) is 0.215. The number of anilines is 1. The molecular formula is C14H17ClN2O3. The van der Waals surface area contributed by atoms with Gasteiger partial charge in [0.25, 0.3) is 0 Å². The lowest BCUT2D eigenvalue weighted by atomic mass is 10.2. The maximum Gasteiger partial charge on any atom is 0.337 e. The van der Waals surface area contributed by atoms with Crippen molar-refractivity contribution in [2.75, 3.05) is 11.9 Å². The Hall–Kier alpha value is -1.75. The Labute approximate surface area is 122 Å². The zero-order valence-electron chi connectivity index (χ0n) is 11.0. The highest BCUT2D eigenvalue weighted by Crippen LogP contribution is 2.33. The van der Waals surface area contributed by atoms with Gasteiger partial charge in [0.15, 0.2) is 0 Å². The molecule has 1 aromatic carbocycles. The molecule has 1 aromatic rings.